The van der Waals surface area contributed by atoms with E-state index in [1.165, 1.54) is 16.8 Å². The Morgan fingerprint density at radius 1 is 1.50 bits per heavy atom. The molecule has 0 saturated carbocycles. The van der Waals surface area contributed by atoms with Gasteiger partial charge in [-0.3, -0.25) is 19.7 Å². The van der Waals surface area contributed by atoms with E-state index in [1.807, 2.05) is 0 Å². The van der Waals surface area contributed by atoms with Crippen molar-refractivity contribution in [3.05, 3.63) is 28.1 Å². The third-order valence-electron chi connectivity index (χ3n) is 3.75. The topological polar surface area (TPSA) is 94.7 Å². The number of ether oxygens (including phenoxy) is 1. The molecule has 0 N–H and O–H groups in total. The van der Waals surface area contributed by atoms with Crippen LogP contribution in [-0.2, 0) is 16.6 Å². The number of piperidine rings is 1. The van der Waals surface area contributed by atoms with Gasteiger partial charge >= 0.3 is 5.97 Å². The van der Waals surface area contributed by atoms with Crippen LogP contribution >= 0.6 is 0 Å². The molecule has 1 aromatic rings. The zero-order chi connectivity index (χ0) is 16.3. The maximum Gasteiger partial charge on any atom is 0.310 e. The van der Waals surface area contributed by atoms with Gasteiger partial charge in [0.2, 0.25) is 0 Å². The van der Waals surface area contributed by atoms with E-state index in [2.05, 4.69) is 0 Å². The van der Waals surface area contributed by atoms with Gasteiger partial charge in [0.05, 0.1) is 23.6 Å². The van der Waals surface area contributed by atoms with Crippen molar-refractivity contribution >= 4 is 17.6 Å². The summed E-state index contributed by atoms with van der Waals surface area (Å²) in [4.78, 5) is 36.1. The standard InChI is InChI=1S/C14H19N3O5/c1-3-22-14(19)10-5-4-6-16(8-10)13(18)12-7-11(17(20)21)9-15(12)2/h7,9-10H,3-6,8H2,1-2H3/t10-/m1/s1. The molecule has 2 rings (SSSR count). The van der Waals surface area contributed by atoms with E-state index in [0.29, 0.717) is 26.0 Å². The van der Waals surface area contributed by atoms with Crippen LogP contribution in [0.2, 0.25) is 0 Å². The van der Waals surface area contributed by atoms with E-state index < -0.39 is 4.92 Å². The highest BCUT2D eigenvalue weighted by Crippen LogP contribution is 2.22. The molecule has 22 heavy (non-hydrogen) atoms. The second-order valence-electron chi connectivity index (χ2n) is 5.29. The van der Waals surface area contributed by atoms with Crippen molar-refractivity contribution in [2.75, 3.05) is 19.7 Å². The summed E-state index contributed by atoms with van der Waals surface area (Å²) in [5, 5.41) is 10.8. The largest absolute Gasteiger partial charge is 0.466 e. The van der Waals surface area contributed by atoms with Gasteiger partial charge in [0.1, 0.15) is 5.69 Å². The van der Waals surface area contributed by atoms with Crippen LogP contribution < -0.4 is 0 Å². The number of hydrogen-bond acceptors (Lipinski definition) is 5. The fourth-order valence-electron chi connectivity index (χ4n) is 2.64. The van der Waals surface area contributed by atoms with Crippen LogP contribution in [0.15, 0.2) is 12.3 Å². The molecule has 0 aromatic carbocycles. The molecule has 0 aliphatic carbocycles. The zero-order valence-corrected chi connectivity index (χ0v) is 12.7. The Bertz CT molecular complexity index is 595. The number of nitro groups is 1. The number of esters is 1. The third kappa shape index (κ3) is 3.26. The highest BCUT2D eigenvalue weighted by molar-refractivity contribution is 5.94. The summed E-state index contributed by atoms with van der Waals surface area (Å²) in [6, 6.07) is 1.26. The highest BCUT2D eigenvalue weighted by Gasteiger charge is 2.31. The predicted octanol–water partition coefficient (Wildman–Crippen LogP) is 1.35. The molecular formula is C14H19N3O5. The number of rotatable bonds is 4. The van der Waals surface area contributed by atoms with Crippen molar-refractivity contribution in [3.63, 3.8) is 0 Å². The van der Waals surface area contributed by atoms with E-state index >= 15 is 0 Å². The molecule has 0 radical (unpaired) electrons. The lowest BCUT2D eigenvalue weighted by molar-refractivity contribution is -0.384. The molecule has 0 unspecified atom stereocenters. The number of hydrogen-bond donors (Lipinski definition) is 0. The molecule has 1 amide bonds. The third-order valence-corrected chi connectivity index (χ3v) is 3.75. The van der Waals surface area contributed by atoms with Gasteiger partial charge in [0.25, 0.3) is 11.6 Å². The smallest absolute Gasteiger partial charge is 0.310 e. The molecular weight excluding hydrogens is 290 g/mol. The molecule has 1 aromatic heterocycles. The quantitative estimate of drug-likeness (QED) is 0.475. The van der Waals surface area contributed by atoms with Crippen molar-refractivity contribution in [3.8, 4) is 0 Å². The predicted molar refractivity (Wildman–Crippen MR) is 77.3 cm³/mol. The van der Waals surface area contributed by atoms with Crippen molar-refractivity contribution < 1.29 is 19.2 Å². The minimum absolute atomic E-state index is 0.121. The molecule has 1 aliphatic rings. The summed E-state index contributed by atoms with van der Waals surface area (Å²) in [5.41, 5.74) is 0.126. The number of aromatic nitrogens is 1. The van der Waals surface area contributed by atoms with Gasteiger partial charge in [-0.15, -0.1) is 0 Å². The summed E-state index contributed by atoms with van der Waals surface area (Å²) < 4.78 is 6.44. The Hall–Kier alpha value is -2.38. The minimum atomic E-state index is -0.533. The average Bonchev–Trinajstić information content (AvgIpc) is 2.89. The number of nitrogens with zero attached hydrogens (tertiary/aromatic N) is 3. The van der Waals surface area contributed by atoms with E-state index in [-0.39, 0.29) is 35.7 Å². The number of carbonyl (C=O) groups is 2. The summed E-state index contributed by atoms with van der Waals surface area (Å²) in [5.74, 6) is -0.921. The Kier molecular flexibility index (Phi) is 4.79. The molecule has 2 heterocycles. The number of carbonyl (C=O) groups excluding carboxylic acids is 2. The minimum Gasteiger partial charge on any atom is -0.466 e. The molecule has 0 bridgehead atoms. The lowest BCUT2D eigenvalue weighted by Gasteiger charge is -2.31. The summed E-state index contributed by atoms with van der Waals surface area (Å²) in [6.45, 7) is 2.88. The van der Waals surface area contributed by atoms with Crippen LogP contribution in [0.25, 0.3) is 0 Å². The summed E-state index contributed by atoms with van der Waals surface area (Å²) >= 11 is 0. The van der Waals surface area contributed by atoms with Crippen LogP contribution in [0, 0.1) is 16.0 Å². The molecule has 8 nitrogen and oxygen atoms in total. The second kappa shape index (κ2) is 6.59. The van der Waals surface area contributed by atoms with Crippen LogP contribution in [0.1, 0.15) is 30.3 Å². The van der Waals surface area contributed by atoms with Gasteiger partial charge in [-0.2, -0.15) is 0 Å². The number of amides is 1. The van der Waals surface area contributed by atoms with E-state index in [4.69, 9.17) is 4.74 Å². The van der Waals surface area contributed by atoms with Crippen LogP contribution in [0.4, 0.5) is 5.69 Å². The average molecular weight is 309 g/mol. The van der Waals surface area contributed by atoms with Gasteiger partial charge in [-0.05, 0) is 19.8 Å². The molecule has 1 aliphatic heterocycles. The van der Waals surface area contributed by atoms with E-state index in [0.717, 1.165) is 0 Å². The van der Waals surface area contributed by atoms with Crippen molar-refractivity contribution in [2.24, 2.45) is 13.0 Å². The molecule has 1 fully saturated rings. The molecule has 0 spiro atoms. The van der Waals surface area contributed by atoms with Crippen LogP contribution in [0.5, 0.6) is 0 Å². The first kappa shape index (κ1) is 16.0. The lowest BCUT2D eigenvalue weighted by Crippen LogP contribution is -2.43. The maximum absolute atomic E-state index is 12.5. The summed E-state index contributed by atoms with van der Waals surface area (Å²) in [7, 11) is 1.59. The normalized spacial score (nSPS) is 18.1. The van der Waals surface area contributed by atoms with Gasteiger partial charge in [-0.25, -0.2) is 0 Å². The Morgan fingerprint density at radius 2 is 2.23 bits per heavy atom. The first-order valence-corrected chi connectivity index (χ1v) is 7.20. The fourth-order valence-corrected chi connectivity index (χ4v) is 2.64. The van der Waals surface area contributed by atoms with Crippen LogP contribution in [0.3, 0.4) is 0 Å². The van der Waals surface area contributed by atoms with Gasteiger partial charge in [0.15, 0.2) is 0 Å². The van der Waals surface area contributed by atoms with Crippen LogP contribution in [-0.4, -0.2) is 46.0 Å². The number of likely N-dealkylation sites (tertiary alicyclic amines) is 1. The van der Waals surface area contributed by atoms with E-state index in [9.17, 15) is 19.7 Å². The van der Waals surface area contributed by atoms with Gasteiger partial charge in [-0.1, -0.05) is 0 Å². The fraction of sp³-hybridized carbons (Fsp3) is 0.571. The van der Waals surface area contributed by atoms with Gasteiger partial charge < -0.3 is 14.2 Å². The van der Waals surface area contributed by atoms with Gasteiger partial charge in [0, 0.05) is 26.2 Å². The van der Waals surface area contributed by atoms with Crippen molar-refractivity contribution in [1.82, 2.24) is 9.47 Å². The number of aryl methyl sites for hydroxylation is 1. The van der Waals surface area contributed by atoms with Crippen molar-refractivity contribution in [1.29, 1.82) is 0 Å². The maximum atomic E-state index is 12.5. The zero-order valence-electron chi connectivity index (χ0n) is 12.7. The lowest BCUT2D eigenvalue weighted by atomic mass is 9.98. The second-order valence-corrected chi connectivity index (χ2v) is 5.29. The first-order valence-electron chi connectivity index (χ1n) is 7.20. The molecule has 120 valence electrons. The molecule has 1 atom stereocenters. The summed E-state index contributed by atoms with van der Waals surface area (Å²) in [6.07, 6.45) is 2.71. The monoisotopic (exact) mass is 309 g/mol. The highest BCUT2D eigenvalue weighted by atomic mass is 16.6. The Balaban J connectivity index is 2.12. The Labute approximate surface area is 127 Å². The Morgan fingerprint density at radius 3 is 2.82 bits per heavy atom. The molecule has 8 heteroatoms. The SMILES string of the molecule is CCOC(=O)[C@@H]1CCCN(C(=O)c2cc([N+](=O)[O-])cn2C)C1. The van der Waals surface area contributed by atoms with E-state index in [1.54, 1.807) is 18.9 Å². The van der Waals surface area contributed by atoms with Crippen molar-refractivity contribution in [2.45, 2.75) is 19.8 Å². The first-order chi connectivity index (χ1) is 10.4. The molecule has 1 saturated heterocycles.